The fraction of sp³-hybridized carbons (Fsp3) is 0.375. The summed E-state index contributed by atoms with van der Waals surface area (Å²) in [6.07, 6.45) is 6.66. The minimum Gasteiger partial charge on any atom is -0.303 e. The third kappa shape index (κ3) is 1.83. The zero-order valence-electron chi connectivity index (χ0n) is 11.8. The van der Waals surface area contributed by atoms with Crippen LogP contribution in [0.1, 0.15) is 50.0 Å². The lowest BCUT2D eigenvalue weighted by Crippen LogP contribution is -2.01. The van der Waals surface area contributed by atoms with Gasteiger partial charge in [-0.2, -0.15) is 5.10 Å². The van der Waals surface area contributed by atoms with Crippen molar-refractivity contribution in [1.82, 2.24) is 19.7 Å². The molecule has 0 radical (unpaired) electrons. The Morgan fingerprint density at radius 3 is 2.90 bits per heavy atom. The van der Waals surface area contributed by atoms with Crippen molar-refractivity contribution in [3.8, 4) is 5.69 Å². The van der Waals surface area contributed by atoms with E-state index >= 15 is 0 Å². The first-order valence-corrected chi connectivity index (χ1v) is 7.25. The number of fused-ring (bicyclic) bond motifs is 1. The highest BCUT2D eigenvalue weighted by atomic mass is 15.1. The molecule has 0 spiro atoms. The Morgan fingerprint density at radius 2 is 2.15 bits per heavy atom. The minimum absolute atomic E-state index is 0.419. The van der Waals surface area contributed by atoms with E-state index in [1.54, 1.807) is 0 Å². The quantitative estimate of drug-likeness (QED) is 0.784. The molecule has 1 N–H and O–H groups in total. The molecule has 2 heterocycles. The molecular formula is C16H18N4. The molecule has 1 aromatic carbocycles. The monoisotopic (exact) mass is 266 g/mol. The summed E-state index contributed by atoms with van der Waals surface area (Å²) in [6.45, 7) is 4.40. The average molecular weight is 266 g/mol. The number of benzene rings is 1. The lowest BCUT2D eigenvalue weighted by atomic mass is 10.2. The minimum atomic E-state index is 0.419. The van der Waals surface area contributed by atoms with Crippen LogP contribution >= 0.6 is 0 Å². The largest absolute Gasteiger partial charge is 0.303 e. The van der Waals surface area contributed by atoms with Crippen LogP contribution in [0.15, 0.2) is 30.6 Å². The first-order valence-electron chi connectivity index (χ1n) is 7.25. The van der Waals surface area contributed by atoms with Crippen LogP contribution in [0, 0.1) is 0 Å². The van der Waals surface area contributed by atoms with E-state index in [-0.39, 0.29) is 0 Å². The third-order valence-electron chi connectivity index (χ3n) is 3.97. The van der Waals surface area contributed by atoms with Crippen LogP contribution in [-0.2, 0) is 0 Å². The summed E-state index contributed by atoms with van der Waals surface area (Å²) in [4.78, 5) is 4.86. The van der Waals surface area contributed by atoms with Gasteiger partial charge in [0.15, 0.2) is 0 Å². The van der Waals surface area contributed by atoms with E-state index in [2.05, 4.69) is 53.0 Å². The molecule has 1 aliphatic rings. The van der Waals surface area contributed by atoms with Gasteiger partial charge >= 0.3 is 0 Å². The second-order valence-electron chi connectivity index (χ2n) is 5.96. The van der Waals surface area contributed by atoms with Crippen molar-refractivity contribution in [3.63, 3.8) is 0 Å². The number of rotatable bonds is 3. The van der Waals surface area contributed by atoms with Crippen molar-refractivity contribution in [1.29, 1.82) is 0 Å². The predicted molar refractivity (Wildman–Crippen MR) is 79.3 cm³/mol. The zero-order chi connectivity index (χ0) is 13.7. The summed E-state index contributed by atoms with van der Waals surface area (Å²) in [5.41, 5.74) is 3.49. The molecule has 0 atom stereocenters. The van der Waals surface area contributed by atoms with Crippen molar-refractivity contribution in [2.75, 3.05) is 0 Å². The average Bonchev–Trinajstić information content (AvgIpc) is 3.03. The molecule has 1 saturated carbocycles. The van der Waals surface area contributed by atoms with Gasteiger partial charge in [-0.05, 0) is 31.0 Å². The summed E-state index contributed by atoms with van der Waals surface area (Å²) in [7, 11) is 0. The van der Waals surface area contributed by atoms with E-state index in [0.29, 0.717) is 11.8 Å². The Morgan fingerprint density at radius 1 is 1.30 bits per heavy atom. The zero-order valence-corrected chi connectivity index (χ0v) is 11.8. The number of nitrogens with zero attached hydrogens (tertiary/aromatic N) is 3. The van der Waals surface area contributed by atoms with E-state index in [0.717, 1.165) is 16.7 Å². The number of aromatic nitrogens is 4. The van der Waals surface area contributed by atoms with Gasteiger partial charge in [-0.3, -0.25) is 5.10 Å². The van der Waals surface area contributed by atoms with Crippen LogP contribution in [0.5, 0.6) is 0 Å². The number of hydrogen-bond acceptors (Lipinski definition) is 2. The van der Waals surface area contributed by atoms with Gasteiger partial charge in [0.1, 0.15) is 5.82 Å². The summed E-state index contributed by atoms with van der Waals surface area (Å²) in [5, 5.41) is 8.22. The molecule has 0 unspecified atom stereocenters. The maximum absolute atomic E-state index is 4.86. The Bertz CT molecular complexity index is 762. The van der Waals surface area contributed by atoms with Gasteiger partial charge in [0.2, 0.25) is 0 Å². The van der Waals surface area contributed by atoms with E-state index in [1.165, 1.54) is 24.2 Å². The normalized spacial score (nSPS) is 15.3. The van der Waals surface area contributed by atoms with Gasteiger partial charge in [0, 0.05) is 29.1 Å². The molecule has 4 heteroatoms. The standard InChI is InChI=1S/C16H18N4/c1-10(2)16-18-15(11-3-4-11)9-20(16)13-5-6-14-12(7-13)8-17-19-14/h5-11H,3-4H2,1-2H3,(H,17,19). The molecule has 0 amide bonds. The number of nitrogens with one attached hydrogen (secondary N) is 1. The molecule has 0 saturated heterocycles. The maximum atomic E-state index is 4.86. The number of hydrogen-bond donors (Lipinski definition) is 1. The molecule has 0 bridgehead atoms. The summed E-state index contributed by atoms with van der Waals surface area (Å²) < 4.78 is 2.24. The van der Waals surface area contributed by atoms with Gasteiger partial charge in [0.05, 0.1) is 17.4 Å². The molecule has 102 valence electrons. The third-order valence-corrected chi connectivity index (χ3v) is 3.97. The summed E-state index contributed by atoms with van der Waals surface area (Å²) >= 11 is 0. The smallest absolute Gasteiger partial charge is 0.116 e. The lowest BCUT2D eigenvalue weighted by molar-refractivity contribution is 0.749. The molecule has 20 heavy (non-hydrogen) atoms. The second kappa shape index (κ2) is 4.20. The van der Waals surface area contributed by atoms with Crippen LogP contribution in [0.4, 0.5) is 0 Å². The van der Waals surface area contributed by atoms with E-state index in [1.807, 2.05) is 6.20 Å². The van der Waals surface area contributed by atoms with Crippen LogP contribution in [0.3, 0.4) is 0 Å². The van der Waals surface area contributed by atoms with Gasteiger partial charge in [0.25, 0.3) is 0 Å². The van der Waals surface area contributed by atoms with Gasteiger partial charge in [-0.1, -0.05) is 13.8 Å². The number of imidazole rings is 1. The Labute approximate surface area is 117 Å². The Hall–Kier alpha value is -2.10. The number of aromatic amines is 1. The number of H-pyrrole nitrogens is 1. The van der Waals surface area contributed by atoms with Crippen LogP contribution in [-0.4, -0.2) is 19.7 Å². The highest BCUT2D eigenvalue weighted by molar-refractivity contribution is 5.80. The molecule has 0 aliphatic heterocycles. The Balaban J connectivity index is 1.86. The van der Waals surface area contributed by atoms with Crippen LogP contribution in [0.2, 0.25) is 0 Å². The van der Waals surface area contributed by atoms with Crippen LogP contribution in [0.25, 0.3) is 16.6 Å². The molecule has 4 nitrogen and oxygen atoms in total. The van der Waals surface area contributed by atoms with Crippen molar-refractivity contribution in [2.45, 2.75) is 38.5 Å². The molecule has 4 rings (SSSR count). The highest BCUT2D eigenvalue weighted by Gasteiger charge is 2.27. The van der Waals surface area contributed by atoms with Gasteiger partial charge in [-0.25, -0.2) is 4.98 Å². The topological polar surface area (TPSA) is 46.5 Å². The molecule has 2 aromatic heterocycles. The summed E-state index contributed by atoms with van der Waals surface area (Å²) in [6, 6.07) is 6.38. The molecule has 3 aromatic rings. The fourth-order valence-electron chi connectivity index (χ4n) is 2.68. The van der Waals surface area contributed by atoms with Gasteiger partial charge in [-0.15, -0.1) is 0 Å². The first kappa shape index (κ1) is 11.7. The maximum Gasteiger partial charge on any atom is 0.116 e. The molecule has 1 aliphatic carbocycles. The first-order chi connectivity index (χ1) is 9.72. The summed E-state index contributed by atoms with van der Waals surface area (Å²) in [5.74, 6) is 2.25. The van der Waals surface area contributed by atoms with Crippen molar-refractivity contribution in [3.05, 3.63) is 42.1 Å². The van der Waals surface area contributed by atoms with Crippen molar-refractivity contribution >= 4 is 10.9 Å². The fourth-order valence-corrected chi connectivity index (χ4v) is 2.68. The van der Waals surface area contributed by atoms with E-state index in [9.17, 15) is 0 Å². The SMILES string of the molecule is CC(C)c1nc(C2CC2)cn1-c1ccc2[nH]ncc2c1. The second-order valence-corrected chi connectivity index (χ2v) is 5.96. The Kier molecular flexibility index (Phi) is 2.46. The van der Waals surface area contributed by atoms with E-state index < -0.39 is 0 Å². The van der Waals surface area contributed by atoms with Crippen LogP contribution < -0.4 is 0 Å². The van der Waals surface area contributed by atoms with Crippen molar-refractivity contribution < 1.29 is 0 Å². The van der Waals surface area contributed by atoms with E-state index in [4.69, 9.17) is 4.98 Å². The molecule has 1 fully saturated rings. The van der Waals surface area contributed by atoms with Gasteiger partial charge < -0.3 is 4.57 Å². The highest BCUT2D eigenvalue weighted by Crippen LogP contribution is 2.40. The lowest BCUT2D eigenvalue weighted by Gasteiger charge is -2.10. The predicted octanol–water partition coefficient (Wildman–Crippen LogP) is 3.75. The van der Waals surface area contributed by atoms with Crippen molar-refractivity contribution in [2.24, 2.45) is 0 Å². The molecular weight excluding hydrogens is 248 g/mol.